The Morgan fingerprint density at radius 2 is 1.75 bits per heavy atom. The van der Waals surface area contributed by atoms with Crippen LogP contribution in [-0.2, 0) is 4.79 Å². The number of carbonyl (C=O) groups is 1. The van der Waals surface area contributed by atoms with Gasteiger partial charge in [0.2, 0.25) is 5.91 Å². The molecule has 5 nitrogen and oxygen atoms in total. The maximum absolute atomic E-state index is 13.3. The van der Waals surface area contributed by atoms with Crippen molar-refractivity contribution in [2.45, 2.75) is 45.6 Å². The molecule has 0 aliphatic carbocycles. The van der Waals surface area contributed by atoms with Crippen LogP contribution in [0.5, 0.6) is 0 Å². The average molecular weight is 377 g/mol. The molecule has 0 saturated heterocycles. The van der Waals surface area contributed by atoms with E-state index >= 15 is 0 Å². The summed E-state index contributed by atoms with van der Waals surface area (Å²) in [6.07, 6.45) is 3.50. The van der Waals surface area contributed by atoms with Gasteiger partial charge < -0.3 is 4.90 Å². The molecular weight excluding hydrogens is 350 g/mol. The third-order valence-corrected chi connectivity index (χ3v) is 5.16. The molecule has 3 aromatic rings. The first-order valence-electron chi connectivity index (χ1n) is 9.87. The number of nitrogens with zero attached hydrogens (tertiary/aromatic N) is 3. The number of hydrogen-bond donors (Lipinski definition) is 0. The van der Waals surface area contributed by atoms with Gasteiger partial charge in [-0.25, -0.2) is 4.98 Å². The minimum absolute atomic E-state index is 0.0722. The molecule has 1 atom stereocenters. The summed E-state index contributed by atoms with van der Waals surface area (Å²) in [4.78, 5) is 32.4. The predicted octanol–water partition coefficient (Wildman–Crippen LogP) is 4.49. The zero-order valence-electron chi connectivity index (χ0n) is 16.8. The van der Waals surface area contributed by atoms with Crippen LogP contribution in [0.15, 0.2) is 59.4 Å². The van der Waals surface area contributed by atoms with Gasteiger partial charge in [0, 0.05) is 13.5 Å². The molecule has 0 spiro atoms. The van der Waals surface area contributed by atoms with Gasteiger partial charge in [-0.15, -0.1) is 0 Å². The van der Waals surface area contributed by atoms with Crippen molar-refractivity contribution in [2.75, 3.05) is 7.05 Å². The van der Waals surface area contributed by atoms with Crippen LogP contribution in [0, 0.1) is 0 Å². The molecule has 0 bridgehead atoms. The molecule has 2 aromatic carbocycles. The molecule has 1 unspecified atom stereocenters. The predicted molar refractivity (Wildman–Crippen MR) is 113 cm³/mol. The minimum Gasteiger partial charge on any atom is -0.336 e. The van der Waals surface area contributed by atoms with E-state index in [9.17, 15) is 9.59 Å². The zero-order valence-corrected chi connectivity index (χ0v) is 16.8. The van der Waals surface area contributed by atoms with Crippen LogP contribution in [0.4, 0.5) is 0 Å². The summed E-state index contributed by atoms with van der Waals surface area (Å²) in [5.74, 6) is 0.643. The second-order valence-corrected chi connectivity index (χ2v) is 7.10. The van der Waals surface area contributed by atoms with Crippen LogP contribution in [0.25, 0.3) is 16.6 Å². The fourth-order valence-electron chi connectivity index (χ4n) is 3.35. The number of aromatic nitrogens is 2. The van der Waals surface area contributed by atoms with Crippen LogP contribution in [0.2, 0.25) is 0 Å². The number of benzene rings is 2. The quantitative estimate of drug-likeness (QED) is 0.570. The number of para-hydroxylation sites is 2. The zero-order chi connectivity index (χ0) is 20.1. The number of fused-ring (bicyclic) bond motifs is 1. The number of amides is 1. The Balaban J connectivity index is 2.08. The first-order valence-corrected chi connectivity index (χ1v) is 9.87. The van der Waals surface area contributed by atoms with Crippen molar-refractivity contribution in [1.29, 1.82) is 0 Å². The highest BCUT2D eigenvalue weighted by Crippen LogP contribution is 2.22. The van der Waals surface area contributed by atoms with Crippen LogP contribution in [-0.4, -0.2) is 27.4 Å². The lowest BCUT2D eigenvalue weighted by atomic mass is 10.1. The molecule has 0 radical (unpaired) electrons. The molecule has 146 valence electrons. The molecule has 0 fully saturated rings. The van der Waals surface area contributed by atoms with E-state index < -0.39 is 0 Å². The van der Waals surface area contributed by atoms with E-state index in [0.717, 1.165) is 24.9 Å². The molecule has 1 aromatic heterocycles. The second-order valence-electron chi connectivity index (χ2n) is 7.10. The summed E-state index contributed by atoms with van der Waals surface area (Å²) in [6, 6.07) is 16.5. The first-order chi connectivity index (χ1) is 13.5. The van der Waals surface area contributed by atoms with Gasteiger partial charge >= 0.3 is 0 Å². The number of carbonyl (C=O) groups excluding carboxylic acids is 1. The summed E-state index contributed by atoms with van der Waals surface area (Å²) >= 11 is 0. The molecule has 3 rings (SSSR count). The van der Waals surface area contributed by atoms with Crippen molar-refractivity contribution in [1.82, 2.24) is 14.5 Å². The van der Waals surface area contributed by atoms with Crippen molar-refractivity contribution in [3.05, 3.63) is 70.8 Å². The average Bonchev–Trinajstić information content (AvgIpc) is 2.73. The van der Waals surface area contributed by atoms with Crippen molar-refractivity contribution in [3.8, 4) is 5.69 Å². The van der Waals surface area contributed by atoms with Gasteiger partial charge in [-0.3, -0.25) is 14.2 Å². The molecule has 0 N–H and O–H groups in total. The molecule has 0 saturated carbocycles. The summed E-state index contributed by atoms with van der Waals surface area (Å²) in [7, 11) is 1.79. The van der Waals surface area contributed by atoms with Gasteiger partial charge in [-0.05, 0) is 37.6 Å². The fourth-order valence-corrected chi connectivity index (χ4v) is 3.35. The smallest absolute Gasteiger partial charge is 0.266 e. The van der Waals surface area contributed by atoms with Crippen molar-refractivity contribution in [3.63, 3.8) is 0 Å². The highest BCUT2D eigenvalue weighted by Gasteiger charge is 2.23. The van der Waals surface area contributed by atoms with E-state index in [1.54, 1.807) is 22.6 Å². The molecule has 1 amide bonds. The Kier molecular flexibility index (Phi) is 6.24. The van der Waals surface area contributed by atoms with E-state index in [1.807, 2.05) is 55.5 Å². The van der Waals surface area contributed by atoms with Crippen molar-refractivity contribution < 1.29 is 4.79 Å². The molecule has 0 aliphatic heterocycles. The lowest BCUT2D eigenvalue weighted by Gasteiger charge is -2.27. The Morgan fingerprint density at radius 1 is 1.07 bits per heavy atom. The van der Waals surface area contributed by atoms with Crippen LogP contribution in [0.3, 0.4) is 0 Å². The van der Waals surface area contributed by atoms with Crippen molar-refractivity contribution in [2.24, 2.45) is 0 Å². The Bertz CT molecular complexity index is 1010. The van der Waals surface area contributed by atoms with Gasteiger partial charge in [-0.2, -0.15) is 0 Å². The SMILES string of the molecule is CCCCCC(=O)N(C)C(C)c1nc2ccccc2c(=O)n1-c1ccccc1. The summed E-state index contributed by atoms with van der Waals surface area (Å²) in [5.41, 5.74) is 1.28. The fraction of sp³-hybridized carbons (Fsp3) is 0.348. The van der Waals surface area contributed by atoms with Gasteiger partial charge in [0.25, 0.3) is 5.56 Å². The molecule has 0 aliphatic rings. The lowest BCUT2D eigenvalue weighted by molar-refractivity contribution is -0.132. The molecule has 5 heteroatoms. The summed E-state index contributed by atoms with van der Waals surface area (Å²) < 4.78 is 1.63. The third kappa shape index (κ3) is 3.98. The van der Waals surface area contributed by atoms with E-state index in [0.29, 0.717) is 23.1 Å². The minimum atomic E-state index is -0.327. The van der Waals surface area contributed by atoms with Gasteiger partial charge in [0.15, 0.2) is 0 Å². The van der Waals surface area contributed by atoms with Crippen LogP contribution < -0.4 is 5.56 Å². The largest absolute Gasteiger partial charge is 0.336 e. The number of hydrogen-bond acceptors (Lipinski definition) is 3. The second kappa shape index (κ2) is 8.83. The van der Waals surface area contributed by atoms with Crippen LogP contribution in [0.1, 0.15) is 51.4 Å². The molecular formula is C23H27N3O2. The normalized spacial score (nSPS) is 12.1. The van der Waals surface area contributed by atoms with Crippen molar-refractivity contribution >= 4 is 16.8 Å². The van der Waals surface area contributed by atoms with Gasteiger partial charge in [0.1, 0.15) is 5.82 Å². The highest BCUT2D eigenvalue weighted by atomic mass is 16.2. The Labute approximate surface area is 165 Å². The summed E-state index contributed by atoms with van der Waals surface area (Å²) in [6.45, 7) is 4.04. The third-order valence-electron chi connectivity index (χ3n) is 5.16. The van der Waals surface area contributed by atoms with Gasteiger partial charge in [0.05, 0.1) is 22.6 Å². The number of rotatable bonds is 7. The molecule has 28 heavy (non-hydrogen) atoms. The number of unbranched alkanes of at least 4 members (excludes halogenated alkanes) is 2. The Hall–Kier alpha value is -2.95. The topological polar surface area (TPSA) is 55.2 Å². The maximum atomic E-state index is 13.3. The lowest BCUT2D eigenvalue weighted by Crippen LogP contribution is -2.34. The van der Waals surface area contributed by atoms with E-state index in [4.69, 9.17) is 4.98 Å². The van der Waals surface area contributed by atoms with Crippen LogP contribution >= 0.6 is 0 Å². The highest BCUT2D eigenvalue weighted by molar-refractivity contribution is 5.78. The van der Waals surface area contributed by atoms with Gasteiger partial charge in [-0.1, -0.05) is 50.1 Å². The standard InChI is InChI=1S/C23H27N3O2/c1-4-5-7-16-21(27)25(3)17(2)22-24-20-15-11-10-14-19(20)23(28)26(22)18-12-8-6-9-13-18/h6,8-15,17H,4-5,7,16H2,1-3H3. The van der Waals surface area contributed by atoms with E-state index in [2.05, 4.69) is 6.92 Å². The summed E-state index contributed by atoms with van der Waals surface area (Å²) in [5, 5.41) is 0.569. The Morgan fingerprint density at radius 3 is 2.46 bits per heavy atom. The maximum Gasteiger partial charge on any atom is 0.266 e. The first kappa shape index (κ1) is 19.8. The monoisotopic (exact) mass is 377 g/mol. The van der Waals surface area contributed by atoms with E-state index in [1.165, 1.54) is 0 Å². The van der Waals surface area contributed by atoms with E-state index in [-0.39, 0.29) is 17.5 Å². The molecule has 1 heterocycles.